The van der Waals surface area contributed by atoms with Crippen molar-refractivity contribution in [2.75, 3.05) is 5.32 Å². The molecule has 20 heavy (non-hydrogen) atoms. The van der Waals surface area contributed by atoms with Crippen LogP contribution in [0.2, 0.25) is 0 Å². The number of benzene rings is 1. The first-order valence-electron chi connectivity index (χ1n) is 6.00. The topological polar surface area (TPSA) is 113 Å². The Morgan fingerprint density at radius 2 is 1.75 bits per heavy atom. The summed E-state index contributed by atoms with van der Waals surface area (Å²) in [7, 11) is 0. The molecular formula is C13H13NO6. The monoisotopic (exact) mass is 279 g/mol. The molecule has 1 aliphatic heterocycles. The summed E-state index contributed by atoms with van der Waals surface area (Å²) in [6.07, 6.45) is -1.31. The second-order valence-electron chi connectivity index (χ2n) is 4.37. The number of hydrogen-bond donors (Lipinski definition) is 3. The quantitative estimate of drug-likeness (QED) is 0.756. The maximum atomic E-state index is 11.9. The zero-order valence-electron chi connectivity index (χ0n) is 10.4. The summed E-state index contributed by atoms with van der Waals surface area (Å²) in [4.78, 5) is 33.7. The minimum Gasteiger partial charge on any atom is -0.479 e. The standard InChI is InChI=1S/C13H13NO6/c15-11(9-5-6-10(20-9)13(18)19)14-8-4-2-1-3-7(8)12(16)17/h1-4,9-10H,5-6H2,(H,14,15)(H,16,17)(H,18,19)/t9-,10+/m0/s1. The number of carboxylic acids is 2. The van der Waals surface area contributed by atoms with Crippen molar-refractivity contribution in [1.29, 1.82) is 0 Å². The average Bonchev–Trinajstić information content (AvgIpc) is 2.89. The fourth-order valence-electron chi connectivity index (χ4n) is 2.00. The van der Waals surface area contributed by atoms with Crippen LogP contribution in [0.15, 0.2) is 24.3 Å². The molecule has 1 fully saturated rings. The molecule has 2 rings (SSSR count). The number of carbonyl (C=O) groups excluding carboxylic acids is 1. The van der Waals surface area contributed by atoms with Gasteiger partial charge in [0.1, 0.15) is 6.10 Å². The lowest BCUT2D eigenvalue weighted by atomic mass is 10.1. The van der Waals surface area contributed by atoms with Gasteiger partial charge in [-0.2, -0.15) is 0 Å². The Morgan fingerprint density at radius 1 is 1.10 bits per heavy atom. The third-order valence-corrected chi connectivity index (χ3v) is 3.00. The molecule has 2 atom stereocenters. The predicted octanol–water partition coefficient (Wildman–Crippen LogP) is 0.955. The van der Waals surface area contributed by atoms with Gasteiger partial charge in [-0.1, -0.05) is 12.1 Å². The van der Waals surface area contributed by atoms with E-state index in [4.69, 9.17) is 14.9 Å². The van der Waals surface area contributed by atoms with Gasteiger partial charge in [-0.3, -0.25) is 4.79 Å². The maximum absolute atomic E-state index is 11.9. The number of aromatic carboxylic acids is 1. The van der Waals surface area contributed by atoms with Crippen LogP contribution in [0.5, 0.6) is 0 Å². The number of para-hydroxylation sites is 1. The van der Waals surface area contributed by atoms with Crippen LogP contribution in [-0.2, 0) is 14.3 Å². The number of hydrogen-bond acceptors (Lipinski definition) is 4. The van der Waals surface area contributed by atoms with E-state index in [2.05, 4.69) is 5.32 Å². The lowest BCUT2D eigenvalue weighted by Gasteiger charge is -2.13. The molecule has 1 heterocycles. The van der Waals surface area contributed by atoms with E-state index in [1.54, 1.807) is 12.1 Å². The minimum absolute atomic E-state index is 0.0337. The first-order chi connectivity index (χ1) is 9.49. The summed E-state index contributed by atoms with van der Waals surface area (Å²) in [5, 5.41) is 20.2. The van der Waals surface area contributed by atoms with Gasteiger partial charge in [-0.15, -0.1) is 0 Å². The van der Waals surface area contributed by atoms with E-state index in [1.807, 2.05) is 0 Å². The normalized spacial score (nSPS) is 21.4. The molecule has 1 amide bonds. The van der Waals surface area contributed by atoms with Crippen LogP contribution in [0, 0.1) is 0 Å². The first-order valence-corrected chi connectivity index (χ1v) is 6.00. The smallest absolute Gasteiger partial charge is 0.337 e. The lowest BCUT2D eigenvalue weighted by Crippen LogP contribution is -2.30. The summed E-state index contributed by atoms with van der Waals surface area (Å²) in [6.45, 7) is 0. The zero-order valence-corrected chi connectivity index (χ0v) is 10.4. The highest BCUT2D eigenvalue weighted by molar-refractivity contribution is 6.02. The Hall–Kier alpha value is -2.41. The fraction of sp³-hybridized carbons (Fsp3) is 0.308. The molecule has 3 N–H and O–H groups in total. The number of carboxylic acid groups (broad SMARTS) is 2. The number of amides is 1. The molecule has 1 aromatic rings. The van der Waals surface area contributed by atoms with E-state index >= 15 is 0 Å². The van der Waals surface area contributed by atoms with Crippen LogP contribution in [0.25, 0.3) is 0 Å². The molecule has 0 bridgehead atoms. The molecule has 0 aliphatic carbocycles. The van der Waals surface area contributed by atoms with Crippen molar-refractivity contribution in [2.45, 2.75) is 25.0 Å². The van der Waals surface area contributed by atoms with Crippen molar-refractivity contribution >= 4 is 23.5 Å². The molecule has 1 aromatic carbocycles. The van der Waals surface area contributed by atoms with Crippen LogP contribution in [0.4, 0.5) is 5.69 Å². The van der Waals surface area contributed by atoms with Crippen molar-refractivity contribution in [3.05, 3.63) is 29.8 Å². The van der Waals surface area contributed by atoms with Crippen molar-refractivity contribution in [2.24, 2.45) is 0 Å². The van der Waals surface area contributed by atoms with E-state index in [0.29, 0.717) is 0 Å². The van der Waals surface area contributed by atoms with Crippen molar-refractivity contribution in [3.8, 4) is 0 Å². The Labute approximate surface area is 114 Å². The van der Waals surface area contributed by atoms with Crippen LogP contribution >= 0.6 is 0 Å². The largest absolute Gasteiger partial charge is 0.479 e. The average molecular weight is 279 g/mol. The van der Waals surface area contributed by atoms with Gasteiger partial charge in [0.2, 0.25) is 0 Å². The summed E-state index contributed by atoms with van der Waals surface area (Å²) >= 11 is 0. The Bertz CT molecular complexity index is 556. The van der Waals surface area contributed by atoms with Crippen LogP contribution in [0.1, 0.15) is 23.2 Å². The van der Waals surface area contributed by atoms with Crippen molar-refractivity contribution in [3.63, 3.8) is 0 Å². The van der Waals surface area contributed by atoms with Gasteiger partial charge in [-0.05, 0) is 25.0 Å². The molecule has 0 aromatic heterocycles. The highest BCUT2D eigenvalue weighted by atomic mass is 16.5. The van der Waals surface area contributed by atoms with E-state index in [9.17, 15) is 14.4 Å². The highest BCUT2D eigenvalue weighted by Crippen LogP contribution is 2.22. The fourth-order valence-corrected chi connectivity index (χ4v) is 2.00. The Balaban J connectivity index is 2.06. The van der Waals surface area contributed by atoms with Gasteiger partial charge in [-0.25, -0.2) is 9.59 Å². The number of carbonyl (C=O) groups is 3. The minimum atomic E-state index is -1.16. The maximum Gasteiger partial charge on any atom is 0.337 e. The molecule has 7 heteroatoms. The van der Waals surface area contributed by atoms with Gasteiger partial charge < -0.3 is 20.3 Å². The number of rotatable bonds is 4. The van der Waals surface area contributed by atoms with Gasteiger partial charge >= 0.3 is 11.9 Å². The molecule has 0 radical (unpaired) electrons. The van der Waals surface area contributed by atoms with E-state index < -0.39 is 30.1 Å². The van der Waals surface area contributed by atoms with Gasteiger partial charge in [0.25, 0.3) is 5.91 Å². The highest BCUT2D eigenvalue weighted by Gasteiger charge is 2.35. The zero-order chi connectivity index (χ0) is 14.7. The predicted molar refractivity (Wildman–Crippen MR) is 67.6 cm³/mol. The second kappa shape index (κ2) is 5.70. The van der Waals surface area contributed by atoms with E-state index in [-0.39, 0.29) is 24.1 Å². The Kier molecular flexibility index (Phi) is 3.99. The molecule has 0 saturated carbocycles. The number of ether oxygens (including phenoxy) is 1. The van der Waals surface area contributed by atoms with Gasteiger partial charge in [0, 0.05) is 0 Å². The second-order valence-corrected chi connectivity index (χ2v) is 4.37. The first kappa shape index (κ1) is 14.0. The molecule has 0 unspecified atom stereocenters. The summed E-state index contributed by atoms with van der Waals surface area (Å²) < 4.78 is 5.10. The third-order valence-electron chi connectivity index (χ3n) is 3.00. The van der Waals surface area contributed by atoms with Crippen molar-refractivity contribution < 1.29 is 29.3 Å². The molecule has 1 saturated heterocycles. The van der Waals surface area contributed by atoms with Crippen LogP contribution < -0.4 is 5.32 Å². The lowest BCUT2D eigenvalue weighted by molar-refractivity contribution is -0.150. The van der Waals surface area contributed by atoms with Crippen LogP contribution in [0.3, 0.4) is 0 Å². The summed E-state index contributed by atoms with van der Waals surface area (Å²) in [6, 6.07) is 5.97. The molecular weight excluding hydrogens is 266 g/mol. The molecule has 0 spiro atoms. The van der Waals surface area contributed by atoms with E-state index in [0.717, 1.165) is 0 Å². The van der Waals surface area contributed by atoms with Gasteiger partial charge in [0.05, 0.1) is 11.3 Å². The number of aliphatic carboxylic acids is 1. The van der Waals surface area contributed by atoms with Gasteiger partial charge in [0.15, 0.2) is 6.10 Å². The molecule has 1 aliphatic rings. The van der Waals surface area contributed by atoms with Crippen LogP contribution in [-0.4, -0.2) is 40.3 Å². The molecule has 7 nitrogen and oxygen atoms in total. The number of nitrogens with one attached hydrogen (secondary N) is 1. The summed E-state index contributed by atoms with van der Waals surface area (Å²) in [5.41, 5.74) is 0.126. The van der Waals surface area contributed by atoms with Crippen molar-refractivity contribution in [1.82, 2.24) is 0 Å². The SMILES string of the molecule is O=C(O)c1ccccc1NC(=O)[C@@H]1CC[C@H](C(=O)O)O1. The molecule has 106 valence electrons. The number of anilines is 1. The van der Waals surface area contributed by atoms with E-state index in [1.165, 1.54) is 12.1 Å². The Morgan fingerprint density at radius 3 is 2.35 bits per heavy atom. The third kappa shape index (κ3) is 2.94. The summed E-state index contributed by atoms with van der Waals surface area (Å²) in [5.74, 6) is -2.80.